The third-order valence-electron chi connectivity index (χ3n) is 2.59. The van der Waals surface area contributed by atoms with Gasteiger partial charge in [-0.15, -0.1) is 0 Å². The zero-order chi connectivity index (χ0) is 14.5. The first-order valence-electron chi connectivity index (χ1n) is 6.08. The van der Waals surface area contributed by atoms with Gasteiger partial charge in [-0.05, 0) is 19.1 Å². The highest BCUT2D eigenvalue weighted by atomic mass is 16.4. The summed E-state index contributed by atoms with van der Waals surface area (Å²) in [5, 5.41) is 19.4. The van der Waals surface area contributed by atoms with E-state index in [-0.39, 0.29) is 24.2 Å². The van der Waals surface area contributed by atoms with E-state index in [4.69, 9.17) is 5.11 Å². The predicted molar refractivity (Wildman–Crippen MR) is 69.0 cm³/mol. The summed E-state index contributed by atoms with van der Waals surface area (Å²) < 4.78 is 3.01. The molecule has 2 aromatic heterocycles. The largest absolute Gasteiger partial charge is 0.476 e. The molecule has 0 aromatic carbocycles. The van der Waals surface area contributed by atoms with Crippen molar-refractivity contribution in [3.8, 4) is 0 Å². The molecule has 8 nitrogen and oxygen atoms in total. The van der Waals surface area contributed by atoms with Crippen molar-refractivity contribution in [3.63, 3.8) is 0 Å². The van der Waals surface area contributed by atoms with Gasteiger partial charge in [0.15, 0.2) is 5.69 Å². The highest BCUT2D eigenvalue weighted by molar-refractivity contribution is 5.85. The van der Waals surface area contributed by atoms with Crippen molar-refractivity contribution in [1.29, 1.82) is 0 Å². The van der Waals surface area contributed by atoms with E-state index < -0.39 is 5.97 Å². The number of carboxylic acid groups (broad SMARTS) is 1. The van der Waals surface area contributed by atoms with Gasteiger partial charge >= 0.3 is 5.97 Å². The van der Waals surface area contributed by atoms with E-state index >= 15 is 0 Å². The zero-order valence-electron chi connectivity index (χ0n) is 10.9. The molecule has 106 valence electrons. The fourth-order valence-electron chi connectivity index (χ4n) is 1.77. The average Bonchev–Trinajstić information content (AvgIpc) is 2.99. The van der Waals surface area contributed by atoms with Crippen LogP contribution in [0, 0.1) is 0 Å². The van der Waals surface area contributed by atoms with Crippen molar-refractivity contribution in [1.82, 2.24) is 24.9 Å². The molecule has 8 heteroatoms. The molecule has 0 aliphatic rings. The number of rotatable bonds is 6. The number of amides is 1. The number of nitrogens with one attached hydrogen (secondary N) is 1. The second-order valence-electron chi connectivity index (χ2n) is 4.40. The summed E-state index contributed by atoms with van der Waals surface area (Å²) in [6, 6.07) is 3.08. The van der Waals surface area contributed by atoms with Crippen LogP contribution in [0.3, 0.4) is 0 Å². The van der Waals surface area contributed by atoms with Gasteiger partial charge in [0.2, 0.25) is 5.91 Å². The predicted octanol–water partition coefficient (Wildman–Crippen LogP) is -0.0173. The number of hydrogen-bond acceptors (Lipinski definition) is 4. The topological polar surface area (TPSA) is 102 Å². The third-order valence-corrected chi connectivity index (χ3v) is 2.59. The van der Waals surface area contributed by atoms with Crippen molar-refractivity contribution < 1.29 is 14.7 Å². The van der Waals surface area contributed by atoms with E-state index in [2.05, 4.69) is 15.5 Å². The standard InChI is InChI=1S/C12H15N5O3/c1-9(7-16-5-2-4-13-16)14-11(18)8-17-6-3-10(15-17)12(19)20/h2-6,9H,7-8H2,1H3,(H,14,18)(H,19,20). The van der Waals surface area contributed by atoms with Gasteiger partial charge in [-0.2, -0.15) is 10.2 Å². The maximum atomic E-state index is 11.8. The van der Waals surface area contributed by atoms with Crippen LogP contribution in [0.25, 0.3) is 0 Å². The summed E-state index contributed by atoms with van der Waals surface area (Å²) >= 11 is 0. The van der Waals surface area contributed by atoms with E-state index in [0.29, 0.717) is 6.54 Å². The van der Waals surface area contributed by atoms with E-state index in [9.17, 15) is 9.59 Å². The lowest BCUT2D eigenvalue weighted by atomic mass is 10.3. The monoisotopic (exact) mass is 277 g/mol. The number of carboxylic acids is 1. The third kappa shape index (κ3) is 3.67. The summed E-state index contributed by atoms with van der Waals surface area (Å²) in [5.41, 5.74) is -0.0811. The van der Waals surface area contributed by atoms with Crippen molar-refractivity contribution in [2.45, 2.75) is 26.1 Å². The SMILES string of the molecule is CC(Cn1cccn1)NC(=O)Cn1ccc(C(=O)O)n1. The fourth-order valence-corrected chi connectivity index (χ4v) is 1.77. The molecule has 1 unspecified atom stereocenters. The fraction of sp³-hybridized carbons (Fsp3) is 0.333. The van der Waals surface area contributed by atoms with Crippen LogP contribution in [0.5, 0.6) is 0 Å². The maximum Gasteiger partial charge on any atom is 0.356 e. The molecule has 0 saturated carbocycles. The molecule has 0 spiro atoms. The maximum absolute atomic E-state index is 11.8. The van der Waals surface area contributed by atoms with E-state index in [0.717, 1.165) is 0 Å². The number of carbonyl (C=O) groups is 2. The van der Waals surface area contributed by atoms with Gasteiger partial charge in [0.05, 0.1) is 6.54 Å². The molecule has 2 aromatic rings. The molecule has 1 amide bonds. The lowest BCUT2D eigenvalue weighted by molar-refractivity contribution is -0.122. The Morgan fingerprint density at radius 3 is 2.80 bits per heavy atom. The Hall–Kier alpha value is -2.64. The van der Waals surface area contributed by atoms with E-state index in [1.165, 1.54) is 16.9 Å². The minimum absolute atomic E-state index is 0.0171. The highest BCUT2D eigenvalue weighted by Gasteiger charge is 2.11. The second-order valence-corrected chi connectivity index (χ2v) is 4.40. The van der Waals surface area contributed by atoms with Gasteiger partial charge in [0.25, 0.3) is 0 Å². The number of carbonyl (C=O) groups excluding carboxylic acids is 1. The van der Waals surface area contributed by atoms with Gasteiger partial charge in [0, 0.05) is 24.6 Å². The Kier molecular flexibility index (Phi) is 4.14. The molecule has 2 rings (SSSR count). The Bertz CT molecular complexity index is 590. The molecule has 0 aliphatic heterocycles. The molecule has 2 heterocycles. The normalized spacial score (nSPS) is 12.1. The molecule has 0 radical (unpaired) electrons. The Morgan fingerprint density at radius 2 is 2.20 bits per heavy atom. The Balaban J connectivity index is 1.83. The molecule has 0 aliphatic carbocycles. The lowest BCUT2D eigenvalue weighted by Gasteiger charge is -2.13. The summed E-state index contributed by atoms with van der Waals surface area (Å²) in [6.45, 7) is 2.42. The van der Waals surface area contributed by atoms with Crippen LogP contribution in [0.2, 0.25) is 0 Å². The van der Waals surface area contributed by atoms with Crippen LogP contribution >= 0.6 is 0 Å². The van der Waals surface area contributed by atoms with Gasteiger partial charge < -0.3 is 10.4 Å². The van der Waals surface area contributed by atoms with Crippen LogP contribution < -0.4 is 5.32 Å². The molecular formula is C12H15N5O3. The lowest BCUT2D eigenvalue weighted by Crippen LogP contribution is -2.37. The first-order chi connectivity index (χ1) is 9.54. The van der Waals surface area contributed by atoms with Gasteiger partial charge in [0.1, 0.15) is 6.54 Å². The zero-order valence-corrected chi connectivity index (χ0v) is 10.9. The molecule has 0 fully saturated rings. The number of hydrogen-bond donors (Lipinski definition) is 2. The van der Waals surface area contributed by atoms with Gasteiger partial charge in [-0.3, -0.25) is 14.2 Å². The molecule has 2 N–H and O–H groups in total. The van der Waals surface area contributed by atoms with Crippen LogP contribution in [-0.2, 0) is 17.9 Å². The Labute approximate surface area is 115 Å². The van der Waals surface area contributed by atoms with Crippen LogP contribution in [0.15, 0.2) is 30.7 Å². The van der Waals surface area contributed by atoms with Crippen molar-refractivity contribution in [3.05, 3.63) is 36.4 Å². The van der Waals surface area contributed by atoms with E-state index in [1.807, 2.05) is 19.2 Å². The molecule has 0 saturated heterocycles. The smallest absolute Gasteiger partial charge is 0.356 e. The van der Waals surface area contributed by atoms with Gasteiger partial charge in [-0.25, -0.2) is 4.79 Å². The number of nitrogens with zero attached hydrogens (tertiary/aromatic N) is 4. The van der Waals surface area contributed by atoms with E-state index in [1.54, 1.807) is 10.9 Å². The minimum atomic E-state index is -1.11. The first kappa shape index (κ1) is 13.8. The second kappa shape index (κ2) is 6.00. The van der Waals surface area contributed by atoms with Crippen LogP contribution in [0.1, 0.15) is 17.4 Å². The van der Waals surface area contributed by atoms with Crippen LogP contribution in [-0.4, -0.2) is 42.6 Å². The molecule has 0 bridgehead atoms. The van der Waals surface area contributed by atoms with Crippen molar-refractivity contribution in [2.75, 3.05) is 0 Å². The summed E-state index contributed by atoms with van der Waals surface area (Å²) in [4.78, 5) is 22.5. The number of aromatic carboxylic acids is 1. The average molecular weight is 277 g/mol. The summed E-state index contributed by atoms with van der Waals surface area (Å²) in [7, 11) is 0. The van der Waals surface area contributed by atoms with Gasteiger partial charge in [-0.1, -0.05) is 0 Å². The van der Waals surface area contributed by atoms with Crippen LogP contribution in [0.4, 0.5) is 0 Å². The molecular weight excluding hydrogens is 262 g/mol. The Morgan fingerprint density at radius 1 is 1.40 bits per heavy atom. The molecule has 1 atom stereocenters. The molecule has 20 heavy (non-hydrogen) atoms. The van der Waals surface area contributed by atoms with Crippen molar-refractivity contribution in [2.24, 2.45) is 0 Å². The summed E-state index contributed by atoms with van der Waals surface area (Å²) in [5.74, 6) is -1.35. The summed E-state index contributed by atoms with van der Waals surface area (Å²) in [6.07, 6.45) is 4.95. The quantitative estimate of drug-likeness (QED) is 0.772. The minimum Gasteiger partial charge on any atom is -0.476 e. The highest BCUT2D eigenvalue weighted by Crippen LogP contribution is 1.96. The first-order valence-corrected chi connectivity index (χ1v) is 6.08. The van der Waals surface area contributed by atoms with Crippen molar-refractivity contribution >= 4 is 11.9 Å². The number of aromatic nitrogens is 4.